The molecule has 0 aliphatic rings. The van der Waals surface area contributed by atoms with E-state index < -0.39 is 31.0 Å². The molecule has 0 aliphatic carbocycles. The minimum Gasteiger partial charge on any atom is -0.445 e. The van der Waals surface area contributed by atoms with Crippen molar-refractivity contribution >= 4 is 18.2 Å². The van der Waals surface area contributed by atoms with Crippen LogP contribution in [0, 0.1) is 0 Å². The molecule has 1 atom stereocenters. The number of likely N-dealkylation sites (N-methyl/N-ethyl adjacent to an activating group) is 1. The number of nitrogens with one attached hydrogen (secondary N) is 1. The van der Waals surface area contributed by atoms with Crippen LogP contribution in [0.3, 0.4) is 0 Å². The summed E-state index contributed by atoms with van der Waals surface area (Å²) in [6, 6.07) is 13.7. The molecule has 30 heavy (non-hydrogen) atoms. The number of ether oxygens (including phenoxy) is 3. The Morgan fingerprint density at radius 2 is 1.77 bits per heavy atom. The lowest BCUT2D eigenvalue weighted by atomic mass is 10.2. The molecule has 0 saturated carbocycles. The monoisotopic (exact) mass is 415 g/mol. The zero-order valence-corrected chi connectivity index (χ0v) is 16.9. The molecule has 2 amide bonds. The predicted octanol–water partition coefficient (Wildman–Crippen LogP) is 2.51. The first kappa shape index (κ1) is 22.7. The molecule has 9 heteroatoms. The molecular formula is C21H25N3O6. The molecule has 0 spiro atoms. The number of carbonyl (C=O) groups is 3. The summed E-state index contributed by atoms with van der Waals surface area (Å²) in [4.78, 5) is 41.1. The molecular weight excluding hydrogens is 390 g/mol. The number of aromatic nitrogens is 1. The molecule has 2 aromatic rings. The van der Waals surface area contributed by atoms with Gasteiger partial charge < -0.3 is 24.4 Å². The normalized spacial score (nSPS) is 11.1. The van der Waals surface area contributed by atoms with Crippen molar-refractivity contribution in [2.24, 2.45) is 0 Å². The fourth-order valence-electron chi connectivity index (χ4n) is 2.29. The van der Waals surface area contributed by atoms with E-state index in [1.807, 2.05) is 48.5 Å². The van der Waals surface area contributed by atoms with Crippen molar-refractivity contribution in [3.05, 3.63) is 66.0 Å². The van der Waals surface area contributed by atoms with Gasteiger partial charge in [-0.3, -0.25) is 4.98 Å². The van der Waals surface area contributed by atoms with Crippen LogP contribution in [0.5, 0.6) is 0 Å². The van der Waals surface area contributed by atoms with E-state index in [4.69, 9.17) is 14.2 Å². The molecule has 0 fully saturated rings. The second-order valence-corrected chi connectivity index (χ2v) is 6.41. The maximum Gasteiger partial charge on any atom is 0.412 e. The van der Waals surface area contributed by atoms with E-state index >= 15 is 0 Å². The van der Waals surface area contributed by atoms with Gasteiger partial charge in [-0.15, -0.1) is 0 Å². The SMILES string of the molecule is C[C@H](NC(=O)OCc1ccccc1)C(=O)OCOC(=O)N(C)CCc1ccccn1. The first-order chi connectivity index (χ1) is 14.5. The number of carbonyl (C=O) groups excluding carboxylic acids is 3. The lowest BCUT2D eigenvalue weighted by Crippen LogP contribution is -2.40. The molecule has 2 rings (SSSR count). The standard InChI is InChI=1S/C21H25N3O6/c1-16(23-20(26)28-14-17-8-4-3-5-9-17)19(25)29-15-30-21(27)24(2)13-11-18-10-6-7-12-22-18/h3-10,12,16H,11,13-15H2,1-2H3,(H,23,26)/t16-/m0/s1. The van der Waals surface area contributed by atoms with Gasteiger partial charge in [0.2, 0.25) is 6.79 Å². The first-order valence-electron chi connectivity index (χ1n) is 9.37. The van der Waals surface area contributed by atoms with Gasteiger partial charge in [-0.25, -0.2) is 14.4 Å². The Labute approximate surface area is 174 Å². The highest BCUT2D eigenvalue weighted by atomic mass is 16.7. The molecule has 1 heterocycles. The zero-order valence-electron chi connectivity index (χ0n) is 16.9. The van der Waals surface area contributed by atoms with E-state index in [0.717, 1.165) is 11.3 Å². The van der Waals surface area contributed by atoms with Crippen molar-refractivity contribution < 1.29 is 28.6 Å². The highest BCUT2D eigenvalue weighted by Crippen LogP contribution is 2.02. The van der Waals surface area contributed by atoms with Crippen molar-refractivity contribution in [1.29, 1.82) is 0 Å². The quantitative estimate of drug-likeness (QED) is 0.495. The number of esters is 1. The lowest BCUT2D eigenvalue weighted by molar-refractivity contribution is -0.154. The van der Waals surface area contributed by atoms with Crippen LogP contribution in [0.15, 0.2) is 54.7 Å². The van der Waals surface area contributed by atoms with Gasteiger partial charge in [-0.05, 0) is 24.6 Å². The van der Waals surface area contributed by atoms with Crippen LogP contribution in [0.4, 0.5) is 9.59 Å². The summed E-state index contributed by atoms with van der Waals surface area (Å²) in [5, 5.41) is 2.36. The lowest BCUT2D eigenvalue weighted by Gasteiger charge is -2.17. The highest BCUT2D eigenvalue weighted by molar-refractivity contribution is 5.80. The molecule has 1 N–H and O–H groups in total. The average molecular weight is 415 g/mol. The topological polar surface area (TPSA) is 107 Å². The third-order valence-corrected chi connectivity index (χ3v) is 4.03. The Morgan fingerprint density at radius 3 is 2.47 bits per heavy atom. The number of rotatable bonds is 9. The third-order valence-electron chi connectivity index (χ3n) is 4.03. The van der Waals surface area contributed by atoms with Crippen LogP contribution < -0.4 is 5.32 Å². The van der Waals surface area contributed by atoms with Gasteiger partial charge in [0.15, 0.2) is 0 Å². The van der Waals surface area contributed by atoms with Gasteiger partial charge in [-0.2, -0.15) is 0 Å². The number of amides is 2. The highest BCUT2D eigenvalue weighted by Gasteiger charge is 2.19. The molecule has 1 aromatic carbocycles. The van der Waals surface area contributed by atoms with Crippen molar-refractivity contribution in [2.75, 3.05) is 20.4 Å². The van der Waals surface area contributed by atoms with Gasteiger partial charge in [0.25, 0.3) is 0 Å². The van der Waals surface area contributed by atoms with E-state index in [2.05, 4.69) is 10.3 Å². The van der Waals surface area contributed by atoms with E-state index in [9.17, 15) is 14.4 Å². The Kier molecular flexibility index (Phi) is 9.11. The Hall–Kier alpha value is -3.62. The van der Waals surface area contributed by atoms with Crippen LogP contribution in [0.25, 0.3) is 0 Å². The van der Waals surface area contributed by atoms with E-state index in [1.165, 1.54) is 11.8 Å². The van der Waals surface area contributed by atoms with E-state index in [-0.39, 0.29) is 6.61 Å². The summed E-state index contributed by atoms with van der Waals surface area (Å²) in [7, 11) is 1.57. The summed E-state index contributed by atoms with van der Waals surface area (Å²) in [6.45, 7) is 1.36. The minimum atomic E-state index is -0.964. The van der Waals surface area contributed by atoms with E-state index in [1.54, 1.807) is 13.2 Å². The van der Waals surface area contributed by atoms with Crippen molar-refractivity contribution in [3.8, 4) is 0 Å². The molecule has 0 bridgehead atoms. The van der Waals surface area contributed by atoms with Gasteiger partial charge in [0, 0.05) is 31.9 Å². The molecule has 0 unspecified atom stereocenters. The number of benzene rings is 1. The third kappa shape index (κ3) is 8.17. The number of alkyl carbamates (subject to hydrolysis) is 1. The van der Waals surface area contributed by atoms with Crippen LogP contribution in [0.2, 0.25) is 0 Å². The van der Waals surface area contributed by atoms with Gasteiger partial charge in [0.1, 0.15) is 12.6 Å². The van der Waals surface area contributed by atoms with Gasteiger partial charge >= 0.3 is 18.2 Å². The fraction of sp³-hybridized carbons (Fsp3) is 0.333. The Morgan fingerprint density at radius 1 is 1.03 bits per heavy atom. The maximum atomic E-state index is 11.9. The second kappa shape index (κ2) is 12.1. The van der Waals surface area contributed by atoms with Crippen LogP contribution in [-0.2, 0) is 32.0 Å². The van der Waals surface area contributed by atoms with Gasteiger partial charge in [0.05, 0.1) is 0 Å². The summed E-state index contributed by atoms with van der Waals surface area (Å²) in [6.07, 6.45) is 0.856. The molecule has 9 nitrogen and oxygen atoms in total. The molecule has 0 radical (unpaired) electrons. The van der Waals surface area contributed by atoms with Crippen LogP contribution in [-0.4, -0.2) is 54.5 Å². The fourth-order valence-corrected chi connectivity index (χ4v) is 2.29. The number of hydrogen-bond donors (Lipinski definition) is 1. The summed E-state index contributed by atoms with van der Waals surface area (Å²) in [5.41, 5.74) is 1.67. The second-order valence-electron chi connectivity index (χ2n) is 6.41. The molecule has 1 aromatic heterocycles. The Bertz CT molecular complexity index is 816. The van der Waals surface area contributed by atoms with Crippen molar-refractivity contribution in [1.82, 2.24) is 15.2 Å². The predicted molar refractivity (Wildman–Crippen MR) is 107 cm³/mol. The minimum absolute atomic E-state index is 0.0802. The van der Waals surface area contributed by atoms with Crippen LogP contribution in [0.1, 0.15) is 18.2 Å². The summed E-state index contributed by atoms with van der Waals surface area (Å²) < 4.78 is 14.8. The Balaban J connectivity index is 1.61. The summed E-state index contributed by atoms with van der Waals surface area (Å²) in [5.74, 6) is -0.754. The molecule has 0 saturated heterocycles. The smallest absolute Gasteiger partial charge is 0.412 e. The maximum absolute atomic E-state index is 11.9. The van der Waals surface area contributed by atoms with Crippen molar-refractivity contribution in [3.63, 3.8) is 0 Å². The number of nitrogens with zero attached hydrogens (tertiary/aromatic N) is 2. The van der Waals surface area contributed by atoms with Crippen molar-refractivity contribution in [2.45, 2.75) is 26.0 Å². The number of hydrogen-bond acceptors (Lipinski definition) is 7. The summed E-state index contributed by atoms with van der Waals surface area (Å²) >= 11 is 0. The molecule has 0 aliphatic heterocycles. The van der Waals surface area contributed by atoms with Crippen LogP contribution >= 0.6 is 0 Å². The molecule has 160 valence electrons. The zero-order chi connectivity index (χ0) is 21.8. The number of pyridine rings is 1. The van der Waals surface area contributed by atoms with Gasteiger partial charge in [-0.1, -0.05) is 36.4 Å². The largest absolute Gasteiger partial charge is 0.445 e. The van der Waals surface area contributed by atoms with E-state index in [0.29, 0.717) is 13.0 Å². The first-order valence-corrected chi connectivity index (χ1v) is 9.37. The average Bonchev–Trinajstić information content (AvgIpc) is 2.77.